The maximum atomic E-state index is 5.57. The van der Waals surface area contributed by atoms with Crippen LogP contribution in [0.3, 0.4) is 0 Å². The van der Waals surface area contributed by atoms with E-state index in [2.05, 4.69) is 32.5 Å². The molecule has 8 heteroatoms. The van der Waals surface area contributed by atoms with Crippen molar-refractivity contribution >= 4 is 11.5 Å². The number of ether oxygens (including phenoxy) is 1. The summed E-state index contributed by atoms with van der Waals surface area (Å²) in [4.78, 5) is 9.01. The Labute approximate surface area is 139 Å². The van der Waals surface area contributed by atoms with Gasteiger partial charge in [0, 0.05) is 24.4 Å². The first-order chi connectivity index (χ1) is 11.8. The monoisotopic (exact) mass is 328 g/mol. The van der Waals surface area contributed by atoms with Crippen molar-refractivity contribution in [1.29, 1.82) is 0 Å². The second-order valence-corrected chi connectivity index (χ2v) is 5.89. The van der Waals surface area contributed by atoms with Crippen molar-refractivity contribution < 1.29 is 9.26 Å². The van der Waals surface area contributed by atoms with E-state index in [4.69, 9.17) is 9.26 Å². The second kappa shape index (κ2) is 6.56. The summed E-state index contributed by atoms with van der Waals surface area (Å²) in [5, 5.41) is 11.7. The minimum absolute atomic E-state index is 0.0545. The quantitative estimate of drug-likeness (QED) is 0.743. The van der Waals surface area contributed by atoms with Crippen LogP contribution in [0.25, 0.3) is 5.65 Å². The van der Waals surface area contributed by atoms with Gasteiger partial charge in [0.05, 0.1) is 12.7 Å². The number of hydrogen-bond donors (Lipinski definition) is 1. The molecule has 1 N–H and O–H groups in total. The molecule has 0 saturated carbocycles. The molecule has 3 aromatic heterocycles. The molecular weight excluding hydrogens is 308 g/mol. The molecule has 8 nitrogen and oxygen atoms in total. The third kappa shape index (κ3) is 2.96. The van der Waals surface area contributed by atoms with Gasteiger partial charge < -0.3 is 14.6 Å². The normalized spacial score (nSPS) is 17.6. The number of nitrogens with zero attached hydrogens (tertiary/aromatic N) is 5. The lowest BCUT2D eigenvalue weighted by atomic mass is 10.2. The Bertz CT molecular complexity index is 821. The highest BCUT2D eigenvalue weighted by atomic mass is 16.5. The molecule has 1 saturated heterocycles. The summed E-state index contributed by atoms with van der Waals surface area (Å²) < 4.78 is 12.7. The smallest absolute Gasteiger partial charge is 0.255 e. The standard InChI is InChI=1S/C16H20N6O2/c1-2-4-11-9-15(22-14(19-11)6-7-18-22)17-10-13-20-16(24-21-13)12-5-3-8-23-12/h6-7,9,12,17H,2-5,8,10H2,1H3/t12-/m0/s1. The van der Waals surface area contributed by atoms with E-state index in [0.717, 1.165) is 49.4 Å². The summed E-state index contributed by atoms with van der Waals surface area (Å²) in [7, 11) is 0. The first kappa shape index (κ1) is 15.1. The average Bonchev–Trinajstić information content (AvgIpc) is 3.32. The van der Waals surface area contributed by atoms with E-state index in [-0.39, 0.29) is 6.10 Å². The lowest BCUT2D eigenvalue weighted by Gasteiger charge is -2.08. The lowest BCUT2D eigenvalue weighted by molar-refractivity contribution is 0.0835. The zero-order valence-corrected chi connectivity index (χ0v) is 13.6. The molecule has 0 spiro atoms. The molecule has 1 atom stereocenters. The number of hydrogen-bond acceptors (Lipinski definition) is 7. The number of aryl methyl sites for hydroxylation is 1. The van der Waals surface area contributed by atoms with Gasteiger partial charge in [0.15, 0.2) is 11.5 Å². The summed E-state index contributed by atoms with van der Waals surface area (Å²) in [5.41, 5.74) is 1.87. The van der Waals surface area contributed by atoms with Crippen LogP contribution in [-0.2, 0) is 17.7 Å². The van der Waals surface area contributed by atoms with E-state index in [0.29, 0.717) is 18.3 Å². The lowest BCUT2D eigenvalue weighted by Crippen LogP contribution is -2.08. The molecule has 126 valence electrons. The van der Waals surface area contributed by atoms with Gasteiger partial charge in [0.2, 0.25) is 0 Å². The van der Waals surface area contributed by atoms with Crippen LogP contribution in [0.2, 0.25) is 0 Å². The predicted molar refractivity (Wildman–Crippen MR) is 86.5 cm³/mol. The van der Waals surface area contributed by atoms with Crippen LogP contribution < -0.4 is 5.32 Å². The van der Waals surface area contributed by atoms with Gasteiger partial charge in [-0.05, 0) is 19.3 Å². The molecule has 4 heterocycles. The second-order valence-electron chi connectivity index (χ2n) is 5.89. The van der Waals surface area contributed by atoms with E-state index in [1.165, 1.54) is 0 Å². The van der Waals surface area contributed by atoms with Crippen LogP contribution >= 0.6 is 0 Å². The van der Waals surface area contributed by atoms with Crippen molar-refractivity contribution in [2.45, 2.75) is 45.3 Å². The van der Waals surface area contributed by atoms with Gasteiger partial charge in [-0.3, -0.25) is 0 Å². The molecular formula is C16H20N6O2. The van der Waals surface area contributed by atoms with Crippen LogP contribution in [0, 0.1) is 0 Å². The van der Waals surface area contributed by atoms with Crippen LogP contribution in [0.1, 0.15) is 49.7 Å². The molecule has 24 heavy (non-hydrogen) atoms. The first-order valence-corrected chi connectivity index (χ1v) is 8.35. The molecule has 0 amide bonds. The summed E-state index contributed by atoms with van der Waals surface area (Å²) in [6.07, 6.45) is 5.64. The van der Waals surface area contributed by atoms with E-state index >= 15 is 0 Å². The summed E-state index contributed by atoms with van der Waals surface area (Å²) >= 11 is 0. The van der Waals surface area contributed by atoms with Gasteiger partial charge in [-0.1, -0.05) is 18.5 Å². The Balaban J connectivity index is 1.51. The van der Waals surface area contributed by atoms with E-state index in [9.17, 15) is 0 Å². The highest BCUT2D eigenvalue weighted by Crippen LogP contribution is 2.27. The van der Waals surface area contributed by atoms with Gasteiger partial charge in [-0.2, -0.15) is 14.6 Å². The number of fused-ring (bicyclic) bond motifs is 1. The van der Waals surface area contributed by atoms with Crippen molar-refractivity contribution in [3.8, 4) is 0 Å². The minimum atomic E-state index is -0.0545. The maximum Gasteiger partial charge on any atom is 0.255 e. The largest absolute Gasteiger partial charge is 0.368 e. The number of aromatic nitrogens is 5. The molecule has 0 aromatic carbocycles. The zero-order valence-electron chi connectivity index (χ0n) is 13.6. The number of rotatable bonds is 6. The molecule has 1 aliphatic rings. The Morgan fingerprint density at radius 2 is 2.33 bits per heavy atom. The fraction of sp³-hybridized carbons (Fsp3) is 0.500. The Morgan fingerprint density at radius 3 is 3.17 bits per heavy atom. The fourth-order valence-corrected chi connectivity index (χ4v) is 2.89. The van der Waals surface area contributed by atoms with Crippen molar-refractivity contribution in [1.82, 2.24) is 24.7 Å². The molecule has 1 aliphatic heterocycles. The third-order valence-corrected chi connectivity index (χ3v) is 4.04. The summed E-state index contributed by atoms with van der Waals surface area (Å²) in [6.45, 7) is 3.36. The van der Waals surface area contributed by atoms with Crippen LogP contribution in [0.5, 0.6) is 0 Å². The zero-order chi connectivity index (χ0) is 16.4. The third-order valence-electron chi connectivity index (χ3n) is 4.04. The van der Waals surface area contributed by atoms with Gasteiger partial charge in [0.1, 0.15) is 11.9 Å². The molecule has 3 aromatic rings. The van der Waals surface area contributed by atoms with Crippen molar-refractivity contribution in [2.75, 3.05) is 11.9 Å². The highest BCUT2D eigenvalue weighted by Gasteiger charge is 2.23. The van der Waals surface area contributed by atoms with Crippen LogP contribution in [-0.4, -0.2) is 31.3 Å². The minimum Gasteiger partial charge on any atom is -0.368 e. The van der Waals surface area contributed by atoms with Crippen LogP contribution in [0.15, 0.2) is 22.9 Å². The topological polar surface area (TPSA) is 90.4 Å². The first-order valence-electron chi connectivity index (χ1n) is 8.35. The Kier molecular flexibility index (Phi) is 4.12. The predicted octanol–water partition coefficient (Wildman–Crippen LogP) is 2.53. The van der Waals surface area contributed by atoms with Gasteiger partial charge in [-0.25, -0.2) is 4.98 Å². The van der Waals surface area contributed by atoms with E-state index in [1.54, 1.807) is 10.7 Å². The van der Waals surface area contributed by atoms with Crippen molar-refractivity contribution in [3.05, 3.63) is 35.7 Å². The number of nitrogens with one attached hydrogen (secondary N) is 1. The van der Waals surface area contributed by atoms with Gasteiger partial charge in [-0.15, -0.1) is 0 Å². The number of anilines is 1. The van der Waals surface area contributed by atoms with E-state index < -0.39 is 0 Å². The summed E-state index contributed by atoms with van der Waals surface area (Å²) in [6, 6.07) is 3.92. The maximum absolute atomic E-state index is 5.57. The Morgan fingerprint density at radius 1 is 1.38 bits per heavy atom. The SMILES string of the molecule is CCCc1cc(NCc2noc([C@@H]3CCCO3)n2)n2nccc2n1. The fourth-order valence-electron chi connectivity index (χ4n) is 2.89. The molecule has 0 unspecified atom stereocenters. The molecule has 0 radical (unpaired) electrons. The summed E-state index contributed by atoms with van der Waals surface area (Å²) in [5.74, 6) is 2.04. The van der Waals surface area contributed by atoms with Crippen molar-refractivity contribution in [2.24, 2.45) is 0 Å². The van der Waals surface area contributed by atoms with Crippen molar-refractivity contribution in [3.63, 3.8) is 0 Å². The molecule has 4 rings (SSSR count). The van der Waals surface area contributed by atoms with Gasteiger partial charge >= 0.3 is 0 Å². The van der Waals surface area contributed by atoms with E-state index in [1.807, 2.05) is 12.1 Å². The Hall–Kier alpha value is -2.48. The molecule has 0 aliphatic carbocycles. The molecule has 1 fully saturated rings. The van der Waals surface area contributed by atoms with Gasteiger partial charge in [0.25, 0.3) is 5.89 Å². The molecule has 0 bridgehead atoms. The highest BCUT2D eigenvalue weighted by molar-refractivity contribution is 5.49. The van der Waals surface area contributed by atoms with Crippen LogP contribution in [0.4, 0.5) is 5.82 Å². The average molecular weight is 328 g/mol.